The van der Waals surface area contributed by atoms with E-state index in [9.17, 15) is 9.59 Å². The van der Waals surface area contributed by atoms with Crippen LogP contribution in [-0.4, -0.2) is 19.4 Å². The van der Waals surface area contributed by atoms with E-state index in [1.54, 1.807) is 12.1 Å². The van der Waals surface area contributed by atoms with Crippen molar-refractivity contribution in [1.29, 1.82) is 0 Å². The number of hydrogen-bond donors (Lipinski definition) is 0. The Balaban J connectivity index is 3.02. The Bertz CT molecular complexity index is 374. The molecule has 80 valence electrons. The highest BCUT2D eigenvalue weighted by atomic mass is 79.9. The first kappa shape index (κ1) is 11.9. The normalized spacial score (nSPS) is 9.73. The topological polar surface area (TPSA) is 43.4 Å². The molecule has 0 saturated heterocycles. The Labute approximate surface area is 96.6 Å². The van der Waals surface area contributed by atoms with E-state index in [2.05, 4.69) is 20.7 Å². The van der Waals surface area contributed by atoms with Crippen LogP contribution < -0.4 is 0 Å². The monoisotopic (exact) mass is 270 g/mol. The fraction of sp³-hybridized carbons (Fsp3) is 0.273. The van der Waals surface area contributed by atoms with Crippen LogP contribution in [0.2, 0.25) is 0 Å². The lowest BCUT2D eigenvalue weighted by Gasteiger charge is -2.06. The molecule has 0 aliphatic carbocycles. The molecule has 0 amide bonds. The fourth-order valence-corrected chi connectivity index (χ4v) is 1.70. The zero-order valence-corrected chi connectivity index (χ0v) is 9.91. The van der Waals surface area contributed by atoms with Crippen molar-refractivity contribution in [2.75, 3.05) is 7.11 Å². The van der Waals surface area contributed by atoms with Gasteiger partial charge in [0.05, 0.1) is 12.7 Å². The number of hydrogen-bond acceptors (Lipinski definition) is 3. The molecule has 0 aliphatic heterocycles. The molecule has 0 heterocycles. The number of carbonyl (C=O) groups is 2. The Morgan fingerprint density at radius 1 is 1.53 bits per heavy atom. The first-order valence-corrected chi connectivity index (χ1v) is 5.28. The van der Waals surface area contributed by atoms with Crippen LogP contribution in [0.25, 0.3) is 0 Å². The van der Waals surface area contributed by atoms with Crippen LogP contribution >= 0.6 is 15.9 Å². The average Bonchev–Trinajstić information content (AvgIpc) is 2.25. The van der Waals surface area contributed by atoms with Crippen molar-refractivity contribution < 1.29 is 14.3 Å². The van der Waals surface area contributed by atoms with E-state index in [-0.39, 0.29) is 5.97 Å². The molecule has 0 atom stereocenters. The first-order chi connectivity index (χ1) is 7.19. The summed E-state index contributed by atoms with van der Waals surface area (Å²) in [6, 6.07) is 5.29. The van der Waals surface area contributed by atoms with Crippen LogP contribution in [0.1, 0.15) is 22.3 Å². The van der Waals surface area contributed by atoms with E-state index < -0.39 is 0 Å². The van der Waals surface area contributed by atoms with Crippen molar-refractivity contribution in [2.24, 2.45) is 0 Å². The van der Waals surface area contributed by atoms with E-state index in [0.29, 0.717) is 18.4 Å². The maximum absolute atomic E-state index is 11.4. The Hall–Kier alpha value is -1.16. The van der Waals surface area contributed by atoms with Gasteiger partial charge in [-0.1, -0.05) is 15.9 Å². The highest BCUT2D eigenvalue weighted by Gasteiger charge is 2.11. The van der Waals surface area contributed by atoms with Crippen LogP contribution in [0, 0.1) is 0 Å². The molecule has 1 aromatic carbocycles. The minimum Gasteiger partial charge on any atom is -0.465 e. The van der Waals surface area contributed by atoms with Crippen molar-refractivity contribution in [3.05, 3.63) is 33.8 Å². The predicted octanol–water partition coefficient (Wildman–Crippen LogP) is 2.37. The van der Waals surface area contributed by atoms with E-state index in [4.69, 9.17) is 0 Å². The van der Waals surface area contributed by atoms with Crippen LogP contribution in [0.4, 0.5) is 0 Å². The van der Waals surface area contributed by atoms with Crippen molar-refractivity contribution in [3.8, 4) is 0 Å². The molecule has 0 N–H and O–H groups in total. The molecule has 15 heavy (non-hydrogen) atoms. The summed E-state index contributed by atoms with van der Waals surface area (Å²) in [5.41, 5.74) is 1.34. The maximum atomic E-state index is 11.4. The van der Waals surface area contributed by atoms with E-state index in [1.165, 1.54) is 7.11 Å². The summed E-state index contributed by atoms with van der Waals surface area (Å²) in [5, 5.41) is 0. The number of ether oxygens (including phenoxy) is 1. The molecule has 1 rings (SSSR count). The third kappa shape index (κ3) is 3.16. The molecule has 0 bridgehead atoms. The Kier molecular flexibility index (Phi) is 4.49. The summed E-state index contributed by atoms with van der Waals surface area (Å²) in [5.74, 6) is -0.372. The Morgan fingerprint density at radius 2 is 2.27 bits per heavy atom. The van der Waals surface area contributed by atoms with Gasteiger partial charge in [-0.3, -0.25) is 0 Å². The number of rotatable bonds is 4. The van der Waals surface area contributed by atoms with Gasteiger partial charge in [-0.2, -0.15) is 0 Å². The lowest BCUT2D eigenvalue weighted by molar-refractivity contribution is -0.107. The highest BCUT2D eigenvalue weighted by molar-refractivity contribution is 9.10. The quantitative estimate of drug-likeness (QED) is 0.623. The van der Waals surface area contributed by atoms with Gasteiger partial charge in [0, 0.05) is 10.9 Å². The molecule has 3 nitrogen and oxygen atoms in total. The molecule has 0 fully saturated rings. The standard InChI is InChI=1S/C11H11BrO3/c1-15-11(14)10-5-4-9(12)7-8(10)3-2-6-13/h4-7H,2-3H2,1H3. The number of aryl methyl sites for hydroxylation is 1. The summed E-state index contributed by atoms with van der Waals surface area (Å²) in [7, 11) is 1.34. The maximum Gasteiger partial charge on any atom is 0.338 e. The van der Waals surface area contributed by atoms with Gasteiger partial charge in [-0.15, -0.1) is 0 Å². The van der Waals surface area contributed by atoms with Crippen LogP contribution in [0.5, 0.6) is 0 Å². The van der Waals surface area contributed by atoms with Crippen molar-refractivity contribution in [3.63, 3.8) is 0 Å². The lowest BCUT2D eigenvalue weighted by atomic mass is 10.0. The smallest absolute Gasteiger partial charge is 0.338 e. The van der Waals surface area contributed by atoms with E-state index >= 15 is 0 Å². The molecule has 4 heteroatoms. The van der Waals surface area contributed by atoms with Gasteiger partial charge in [0.1, 0.15) is 6.29 Å². The number of carbonyl (C=O) groups excluding carboxylic acids is 2. The fourth-order valence-electron chi connectivity index (χ4n) is 1.29. The third-order valence-corrected chi connectivity index (χ3v) is 2.50. The van der Waals surface area contributed by atoms with Gasteiger partial charge in [0.2, 0.25) is 0 Å². The second-order valence-corrected chi connectivity index (χ2v) is 3.91. The van der Waals surface area contributed by atoms with Crippen LogP contribution in [-0.2, 0) is 16.0 Å². The van der Waals surface area contributed by atoms with Crippen LogP contribution in [0.15, 0.2) is 22.7 Å². The molecule has 0 saturated carbocycles. The number of aldehydes is 1. The van der Waals surface area contributed by atoms with E-state index in [1.807, 2.05) is 6.07 Å². The van der Waals surface area contributed by atoms with E-state index in [0.717, 1.165) is 16.3 Å². The summed E-state index contributed by atoms with van der Waals surface area (Å²) in [6.45, 7) is 0. The van der Waals surface area contributed by atoms with Gasteiger partial charge in [-0.25, -0.2) is 4.79 Å². The van der Waals surface area contributed by atoms with Crippen molar-refractivity contribution in [1.82, 2.24) is 0 Å². The molecule has 1 aromatic rings. The molecule has 0 unspecified atom stereocenters. The van der Waals surface area contributed by atoms with Gasteiger partial charge in [-0.05, 0) is 30.2 Å². The molecule has 0 spiro atoms. The molecule has 0 aromatic heterocycles. The van der Waals surface area contributed by atoms with Crippen LogP contribution in [0.3, 0.4) is 0 Å². The number of halogens is 1. The second-order valence-electron chi connectivity index (χ2n) is 3.00. The third-order valence-electron chi connectivity index (χ3n) is 2.00. The highest BCUT2D eigenvalue weighted by Crippen LogP contribution is 2.18. The molecule has 0 radical (unpaired) electrons. The average molecular weight is 271 g/mol. The molecule has 0 aliphatic rings. The summed E-state index contributed by atoms with van der Waals surface area (Å²) < 4.78 is 5.54. The van der Waals surface area contributed by atoms with Gasteiger partial charge in [0.25, 0.3) is 0 Å². The van der Waals surface area contributed by atoms with Gasteiger partial charge in [0.15, 0.2) is 0 Å². The minimum absolute atomic E-state index is 0.372. The number of benzene rings is 1. The van der Waals surface area contributed by atoms with Crippen molar-refractivity contribution >= 4 is 28.2 Å². The summed E-state index contributed by atoms with van der Waals surface area (Å²) >= 11 is 3.32. The molecular weight excluding hydrogens is 260 g/mol. The number of methoxy groups -OCH3 is 1. The Morgan fingerprint density at radius 3 is 2.87 bits per heavy atom. The molecular formula is C11H11BrO3. The number of esters is 1. The zero-order chi connectivity index (χ0) is 11.3. The second kappa shape index (κ2) is 5.66. The minimum atomic E-state index is -0.372. The van der Waals surface area contributed by atoms with Crippen molar-refractivity contribution in [2.45, 2.75) is 12.8 Å². The lowest BCUT2D eigenvalue weighted by Crippen LogP contribution is -2.06. The summed E-state index contributed by atoms with van der Waals surface area (Å²) in [6.07, 6.45) is 1.79. The summed E-state index contributed by atoms with van der Waals surface area (Å²) in [4.78, 5) is 21.7. The largest absolute Gasteiger partial charge is 0.465 e. The first-order valence-electron chi connectivity index (χ1n) is 4.49. The van der Waals surface area contributed by atoms with Gasteiger partial charge < -0.3 is 9.53 Å². The predicted molar refractivity (Wildman–Crippen MR) is 59.9 cm³/mol. The van der Waals surface area contributed by atoms with Gasteiger partial charge >= 0.3 is 5.97 Å². The zero-order valence-electron chi connectivity index (χ0n) is 8.33. The SMILES string of the molecule is COC(=O)c1ccc(Br)cc1CCC=O.